The molecular weight excluding hydrogens is 408 g/mol. The van der Waals surface area contributed by atoms with Gasteiger partial charge in [0.1, 0.15) is 5.69 Å². The van der Waals surface area contributed by atoms with Crippen molar-refractivity contribution in [1.29, 1.82) is 0 Å². The Morgan fingerprint density at radius 3 is 2.69 bits per heavy atom. The summed E-state index contributed by atoms with van der Waals surface area (Å²) >= 11 is 0. The average molecular weight is 437 g/mol. The minimum Gasteiger partial charge on any atom is -0.490 e. The predicted octanol–water partition coefficient (Wildman–Crippen LogP) is 2.98. The van der Waals surface area contributed by atoms with E-state index in [0.717, 1.165) is 36.8 Å². The first-order chi connectivity index (χ1) is 15.7. The van der Waals surface area contributed by atoms with Crippen LogP contribution in [0.25, 0.3) is 5.65 Å². The minimum atomic E-state index is 0.0331. The van der Waals surface area contributed by atoms with E-state index in [1.54, 1.807) is 0 Å². The quantitative estimate of drug-likeness (QED) is 0.592. The number of pyridine rings is 1. The molecule has 168 valence electrons. The van der Waals surface area contributed by atoms with Crippen molar-refractivity contribution in [3.05, 3.63) is 53.5 Å². The Hall–Kier alpha value is -3.26. The zero-order valence-electron chi connectivity index (χ0n) is 18.5. The minimum absolute atomic E-state index is 0.0331. The Balaban J connectivity index is 1.29. The van der Waals surface area contributed by atoms with Gasteiger partial charge in [0.2, 0.25) is 6.79 Å². The summed E-state index contributed by atoms with van der Waals surface area (Å²) in [5.74, 6) is 2.35. The summed E-state index contributed by atoms with van der Waals surface area (Å²) in [6, 6.07) is 9.88. The number of ether oxygens (including phenoxy) is 3. The fourth-order valence-electron chi connectivity index (χ4n) is 4.39. The van der Waals surface area contributed by atoms with Crippen LogP contribution in [0.15, 0.2) is 36.5 Å². The van der Waals surface area contributed by atoms with Gasteiger partial charge in [-0.2, -0.15) is 0 Å². The molecule has 0 aliphatic carbocycles. The molecule has 3 aromatic rings. The third-order valence-electron chi connectivity index (χ3n) is 6.03. The second-order valence-corrected chi connectivity index (χ2v) is 8.02. The summed E-state index contributed by atoms with van der Waals surface area (Å²) in [7, 11) is 0. The first-order valence-electron chi connectivity index (χ1n) is 11.2. The molecule has 0 atom stereocenters. The summed E-state index contributed by atoms with van der Waals surface area (Å²) < 4.78 is 18.5. The smallest absolute Gasteiger partial charge is 0.272 e. The fraction of sp³-hybridized carbons (Fsp3) is 0.417. The van der Waals surface area contributed by atoms with Crippen molar-refractivity contribution in [2.75, 3.05) is 39.6 Å². The molecule has 1 fully saturated rings. The number of hydrogen-bond acceptors (Lipinski definition) is 6. The van der Waals surface area contributed by atoms with Crippen molar-refractivity contribution in [3.8, 4) is 17.2 Å². The molecule has 0 radical (unpaired) electrons. The largest absolute Gasteiger partial charge is 0.490 e. The van der Waals surface area contributed by atoms with Crippen LogP contribution in [-0.4, -0.2) is 64.7 Å². The van der Waals surface area contributed by atoms with Crippen molar-refractivity contribution in [3.63, 3.8) is 0 Å². The number of carbonyl (C=O) groups excluding carboxylic acids is 1. The zero-order chi connectivity index (χ0) is 22.1. The maximum Gasteiger partial charge on any atom is 0.272 e. The normalized spacial score (nSPS) is 16.0. The molecule has 1 saturated heterocycles. The van der Waals surface area contributed by atoms with Crippen LogP contribution in [0.1, 0.15) is 35.6 Å². The monoisotopic (exact) mass is 436 g/mol. The average Bonchev–Trinajstić information content (AvgIpc) is 3.44. The number of nitrogens with zero attached hydrogens (tertiary/aromatic N) is 4. The van der Waals surface area contributed by atoms with Gasteiger partial charge in [0.25, 0.3) is 5.91 Å². The Morgan fingerprint density at radius 2 is 1.91 bits per heavy atom. The number of piperazine rings is 1. The van der Waals surface area contributed by atoms with Crippen LogP contribution in [0.3, 0.4) is 0 Å². The molecule has 32 heavy (non-hydrogen) atoms. The third kappa shape index (κ3) is 3.75. The summed E-state index contributed by atoms with van der Waals surface area (Å²) in [4.78, 5) is 22.5. The van der Waals surface area contributed by atoms with Gasteiger partial charge in [0.05, 0.1) is 12.3 Å². The van der Waals surface area contributed by atoms with E-state index >= 15 is 0 Å². The van der Waals surface area contributed by atoms with Crippen LogP contribution in [0, 0.1) is 0 Å². The van der Waals surface area contributed by atoms with Crippen LogP contribution in [0.5, 0.6) is 17.2 Å². The van der Waals surface area contributed by atoms with E-state index < -0.39 is 0 Å². The highest BCUT2D eigenvalue weighted by molar-refractivity contribution is 5.95. The van der Waals surface area contributed by atoms with Gasteiger partial charge in [0, 0.05) is 38.9 Å². The summed E-state index contributed by atoms with van der Waals surface area (Å²) in [5.41, 5.74) is 3.35. The number of aryl methyl sites for hydroxylation is 1. The molecule has 5 rings (SSSR count). The van der Waals surface area contributed by atoms with Crippen molar-refractivity contribution in [1.82, 2.24) is 19.2 Å². The van der Waals surface area contributed by atoms with E-state index in [4.69, 9.17) is 19.2 Å². The molecule has 8 heteroatoms. The number of aromatic nitrogens is 2. The standard InChI is InChI=1S/C24H28N4O4/c1-3-18-22(28-9-5-6-20(30-4-2)23(28)25-18)24(29)27-12-10-26(11-13-27)15-17-7-8-19-21(14-17)32-16-31-19/h5-9,14H,3-4,10-13,15-16H2,1-2H3. The number of hydrogen-bond donors (Lipinski definition) is 0. The van der Waals surface area contributed by atoms with Gasteiger partial charge >= 0.3 is 0 Å². The van der Waals surface area contributed by atoms with Crippen molar-refractivity contribution in [2.45, 2.75) is 26.8 Å². The third-order valence-corrected chi connectivity index (χ3v) is 6.03. The van der Waals surface area contributed by atoms with Gasteiger partial charge in [-0.1, -0.05) is 13.0 Å². The lowest BCUT2D eigenvalue weighted by Crippen LogP contribution is -2.48. The first kappa shape index (κ1) is 20.6. The van der Waals surface area contributed by atoms with E-state index in [1.165, 1.54) is 5.56 Å². The molecule has 2 aliphatic heterocycles. The topological polar surface area (TPSA) is 68.5 Å². The second kappa shape index (κ2) is 8.70. The highest BCUT2D eigenvalue weighted by atomic mass is 16.7. The van der Waals surface area contributed by atoms with Crippen LogP contribution in [-0.2, 0) is 13.0 Å². The zero-order valence-corrected chi connectivity index (χ0v) is 18.5. The summed E-state index contributed by atoms with van der Waals surface area (Å²) in [5, 5.41) is 0. The van der Waals surface area contributed by atoms with Gasteiger partial charge < -0.3 is 19.1 Å². The highest BCUT2D eigenvalue weighted by Crippen LogP contribution is 2.33. The Kier molecular flexibility index (Phi) is 5.61. The van der Waals surface area contributed by atoms with E-state index in [9.17, 15) is 4.79 Å². The Labute approximate surface area is 187 Å². The molecule has 0 unspecified atom stereocenters. The Bertz CT molecular complexity index is 1130. The van der Waals surface area contributed by atoms with Crippen LogP contribution >= 0.6 is 0 Å². The molecule has 4 heterocycles. The lowest BCUT2D eigenvalue weighted by Gasteiger charge is -2.34. The van der Waals surface area contributed by atoms with Crippen molar-refractivity contribution in [2.24, 2.45) is 0 Å². The number of benzene rings is 1. The Morgan fingerprint density at radius 1 is 1.09 bits per heavy atom. The van der Waals surface area contributed by atoms with E-state index in [-0.39, 0.29) is 12.7 Å². The molecule has 0 bridgehead atoms. The van der Waals surface area contributed by atoms with E-state index in [1.807, 2.05) is 53.6 Å². The molecule has 0 N–H and O–H groups in total. The number of carbonyl (C=O) groups is 1. The molecule has 1 amide bonds. The summed E-state index contributed by atoms with van der Waals surface area (Å²) in [6.45, 7) is 8.66. The molecule has 1 aromatic carbocycles. The maximum atomic E-state index is 13.5. The van der Waals surface area contributed by atoms with Gasteiger partial charge in [-0.05, 0) is 43.2 Å². The lowest BCUT2D eigenvalue weighted by atomic mass is 10.1. The molecule has 2 aliphatic rings. The van der Waals surface area contributed by atoms with E-state index in [2.05, 4.69) is 11.0 Å². The lowest BCUT2D eigenvalue weighted by molar-refractivity contribution is 0.0620. The number of imidazole rings is 1. The molecular formula is C24H28N4O4. The van der Waals surface area contributed by atoms with Gasteiger partial charge in [-0.25, -0.2) is 4.98 Å². The summed E-state index contributed by atoms with van der Waals surface area (Å²) in [6.07, 6.45) is 2.59. The second-order valence-electron chi connectivity index (χ2n) is 8.02. The maximum absolute atomic E-state index is 13.5. The molecule has 8 nitrogen and oxygen atoms in total. The van der Waals surface area contributed by atoms with Crippen LogP contribution in [0.2, 0.25) is 0 Å². The van der Waals surface area contributed by atoms with Crippen LogP contribution < -0.4 is 14.2 Å². The molecule has 0 spiro atoms. The van der Waals surface area contributed by atoms with E-state index in [0.29, 0.717) is 43.2 Å². The van der Waals surface area contributed by atoms with Gasteiger partial charge in [0.15, 0.2) is 22.9 Å². The number of rotatable bonds is 6. The predicted molar refractivity (Wildman–Crippen MR) is 119 cm³/mol. The molecule has 0 saturated carbocycles. The number of fused-ring (bicyclic) bond motifs is 2. The van der Waals surface area contributed by atoms with Gasteiger partial charge in [-0.3, -0.25) is 14.1 Å². The molecule has 2 aromatic heterocycles. The SMILES string of the molecule is CCOc1cccn2c(C(=O)N3CCN(Cc4ccc5c(c4)OCO5)CC3)c(CC)nc12. The van der Waals surface area contributed by atoms with Crippen molar-refractivity contribution < 1.29 is 19.0 Å². The highest BCUT2D eigenvalue weighted by Gasteiger charge is 2.28. The van der Waals surface area contributed by atoms with Crippen LogP contribution in [0.4, 0.5) is 0 Å². The number of amides is 1. The van der Waals surface area contributed by atoms with Crippen molar-refractivity contribution >= 4 is 11.6 Å². The fourth-order valence-corrected chi connectivity index (χ4v) is 4.39. The van der Waals surface area contributed by atoms with Gasteiger partial charge in [-0.15, -0.1) is 0 Å². The first-order valence-corrected chi connectivity index (χ1v) is 11.2.